The van der Waals surface area contributed by atoms with Crippen molar-refractivity contribution < 1.29 is 9.53 Å². The number of H-pyrrole nitrogens is 1. The molecule has 0 unspecified atom stereocenters. The van der Waals surface area contributed by atoms with Gasteiger partial charge in [-0.25, -0.2) is 9.89 Å². The fourth-order valence-corrected chi connectivity index (χ4v) is 4.48. The molecule has 0 aliphatic heterocycles. The second-order valence-electron chi connectivity index (χ2n) is 7.43. The molecule has 2 heterocycles. The van der Waals surface area contributed by atoms with Crippen LogP contribution in [0.3, 0.4) is 0 Å². The molecule has 2 aromatic carbocycles. The second-order valence-corrected chi connectivity index (χ2v) is 8.20. The van der Waals surface area contributed by atoms with Gasteiger partial charge in [0, 0.05) is 17.5 Å². The molecule has 8 heteroatoms. The summed E-state index contributed by atoms with van der Waals surface area (Å²) in [4.78, 5) is 13.1. The lowest BCUT2D eigenvalue weighted by Crippen LogP contribution is -2.07. The van der Waals surface area contributed by atoms with Crippen LogP contribution in [0.25, 0.3) is 22.5 Å². The number of tetrazole rings is 1. The lowest BCUT2D eigenvalue weighted by Gasteiger charge is -2.10. The Balaban J connectivity index is 1.62. The van der Waals surface area contributed by atoms with Gasteiger partial charge in [0.1, 0.15) is 4.88 Å². The Kier molecular flexibility index (Phi) is 7.01. The van der Waals surface area contributed by atoms with Gasteiger partial charge in [-0.15, -0.1) is 5.10 Å². The third-order valence-electron chi connectivity index (χ3n) is 5.27. The number of aromatic nitrogens is 5. The number of ether oxygens (including phenoxy) is 1. The number of carbonyl (C=O) groups is 1. The van der Waals surface area contributed by atoms with E-state index in [0.29, 0.717) is 23.7 Å². The van der Waals surface area contributed by atoms with Gasteiger partial charge in [-0.05, 0) is 58.4 Å². The van der Waals surface area contributed by atoms with E-state index in [2.05, 4.69) is 62.3 Å². The molecule has 1 N–H and O–H groups in total. The standard InChI is InChI=1S/C24H25N5O2S/c1-3-5-10-21-20(22(32-27-21)24(30)31-4-2)15-16-11-13-17(14-12-16)18-8-6-7-9-19(18)23-25-28-29-26-23/h6-9,11-14H,3-5,10,15H2,1-2H3,(H,25,26,28,29). The van der Waals surface area contributed by atoms with Crippen molar-refractivity contribution in [3.63, 3.8) is 0 Å². The van der Waals surface area contributed by atoms with Crippen molar-refractivity contribution in [1.82, 2.24) is 25.0 Å². The van der Waals surface area contributed by atoms with Crippen LogP contribution in [0, 0.1) is 0 Å². The Hall–Kier alpha value is -3.39. The quantitative estimate of drug-likeness (QED) is 0.359. The molecule has 0 fully saturated rings. The summed E-state index contributed by atoms with van der Waals surface area (Å²) in [5.74, 6) is 0.350. The Morgan fingerprint density at radius 1 is 1.06 bits per heavy atom. The molecule has 0 saturated carbocycles. The Morgan fingerprint density at radius 2 is 1.84 bits per heavy atom. The van der Waals surface area contributed by atoms with E-state index in [-0.39, 0.29) is 5.97 Å². The highest BCUT2D eigenvalue weighted by Gasteiger charge is 2.21. The van der Waals surface area contributed by atoms with Crippen LogP contribution in [0.1, 0.15) is 53.2 Å². The molecular weight excluding hydrogens is 422 g/mol. The average molecular weight is 448 g/mol. The zero-order valence-electron chi connectivity index (χ0n) is 18.2. The molecule has 2 aromatic heterocycles. The van der Waals surface area contributed by atoms with E-state index < -0.39 is 0 Å². The number of esters is 1. The number of nitrogens with one attached hydrogen (secondary N) is 1. The highest BCUT2D eigenvalue weighted by atomic mass is 32.1. The zero-order valence-corrected chi connectivity index (χ0v) is 19.0. The number of carbonyl (C=O) groups excluding carboxylic acids is 1. The minimum absolute atomic E-state index is 0.283. The first-order chi connectivity index (χ1) is 15.7. The van der Waals surface area contributed by atoms with Crippen molar-refractivity contribution in [1.29, 1.82) is 0 Å². The van der Waals surface area contributed by atoms with E-state index in [9.17, 15) is 4.79 Å². The number of rotatable bonds is 9. The third-order valence-corrected chi connectivity index (χ3v) is 6.18. The summed E-state index contributed by atoms with van der Waals surface area (Å²) >= 11 is 1.25. The lowest BCUT2D eigenvalue weighted by molar-refractivity contribution is 0.0531. The van der Waals surface area contributed by atoms with Crippen molar-refractivity contribution in [2.75, 3.05) is 6.61 Å². The lowest BCUT2D eigenvalue weighted by atomic mass is 9.96. The van der Waals surface area contributed by atoms with Gasteiger partial charge in [-0.2, -0.15) is 4.37 Å². The molecule has 32 heavy (non-hydrogen) atoms. The number of hydrogen-bond acceptors (Lipinski definition) is 7. The third kappa shape index (κ3) is 4.75. The van der Waals surface area contributed by atoms with Crippen LogP contribution >= 0.6 is 11.5 Å². The number of hydrogen-bond donors (Lipinski definition) is 1. The summed E-state index contributed by atoms with van der Waals surface area (Å²) in [6.45, 7) is 4.33. The SMILES string of the molecule is CCCCc1nsc(C(=O)OCC)c1Cc1ccc(-c2ccccc2-c2nnn[nH]2)cc1. The van der Waals surface area contributed by atoms with Crippen LogP contribution in [-0.4, -0.2) is 37.6 Å². The van der Waals surface area contributed by atoms with E-state index in [4.69, 9.17) is 4.74 Å². The molecule has 0 spiro atoms. The molecule has 0 amide bonds. The fourth-order valence-electron chi connectivity index (χ4n) is 3.64. The number of unbranched alkanes of at least 4 members (excludes halogenated alkanes) is 1. The van der Waals surface area contributed by atoms with E-state index in [1.807, 2.05) is 25.1 Å². The molecule has 0 radical (unpaired) electrons. The molecule has 4 aromatic rings. The molecule has 0 aliphatic rings. The van der Waals surface area contributed by atoms with E-state index in [1.165, 1.54) is 11.5 Å². The van der Waals surface area contributed by atoms with Crippen molar-refractivity contribution >= 4 is 17.5 Å². The first kappa shape index (κ1) is 21.8. The Labute approximate surface area is 191 Å². The van der Waals surface area contributed by atoms with Gasteiger partial charge < -0.3 is 4.74 Å². The van der Waals surface area contributed by atoms with Gasteiger partial charge in [0.25, 0.3) is 0 Å². The maximum absolute atomic E-state index is 12.5. The number of benzene rings is 2. The van der Waals surface area contributed by atoms with Gasteiger partial charge in [-0.1, -0.05) is 61.9 Å². The first-order valence-electron chi connectivity index (χ1n) is 10.8. The fraction of sp³-hybridized carbons (Fsp3) is 0.292. The second kappa shape index (κ2) is 10.3. The zero-order chi connectivity index (χ0) is 22.3. The van der Waals surface area contributed by atoms with E-state index >= 15 is 0 Å². The monoisotopic (exact) mass is 447 g/mol. The highest BCUT2D eigenvalue weighted by molar-refractivity contribution is 7.08. The average Bonchev–Trinajstić information content (AvgIpc) is 3.49. The molecular formula is C24H25N5O2S. The predicted octanol–water partition coefficient (Wildman–Crippen LogP) is 5.10. The Morgan fingerprint density at radius 3 is 2.53 bits per heavy atom. The van der Waals surface area contributed by atoms with Gasteiger partial charge in [0.15, 0.2) is 5.82 Å². The normalized spacial score (nSPS) is 10.9. The maximum atomic E-state index is 12.5. The molecule has 164 valence electrons. The van der Waals surface area contributed by atoms with Crippen molar-refractivity contribution in [3.8, 4) is 22.5 Å². The van der Waals surface area contributed by atoms with Crippen LogP contribution < -0.4 is 0 Å². The number of aromatic amines is 1. The van der Waals surface area contributed by atoms with Crippen molar-refractivity contribution in [2.45, 2.75) is 39.5 Å². The van der Waals surface area contributed by atoms with Gasteiger partial charge >= 0.3 is 5.97 Å². The summed E-state index contributed by atoms with van der Waals surface area (Å²) in [6.07, 6.45) is 3.65. The molecule has 0 bridgehead atoms. The Bertz CT molecular complexity index is 1170. The summed E-state index contributed by atoms with van der Waals surface area (Å²) in [6, 6.07) is 16.4. The summed E-state index contributed by atoms with van der Waals surface area (Å²) in [5.41, 5.74) is 6.18. The number of aryl methyl sites for hydroxylation is 1. The van der Waals surface area contributed by atoms with E-state index in [0.717, 1.165) is 52.8 Å². The molecule has 0 aliphatic carbocycles. The van der Waals surface area contributed by atoms with E-state index in [1.54, 1.807) is 0 Å². The van der Waals surface area contributed by atoms with Crippen molar-refractivity contribution in [3.05, 3.63) is 70.2 Å². The summed E-state index contributed by atoms with van der Waals surface area (Å²) in [5, 5.41) is 14.3. The van der Waals surface area contributed by atoms with Gasteiger partial charge in [0.05, 0.1) is 12.3 Å². The summed E-state index contributed by atoms with van der Waals surface area (Å²) < 4.78 is 9.84. The van der Waals surface area contributed by atoms with Gasteiger partial charge in [0.2, 0.25) is 0 Å². The largest absolute Gasteiger partial charge is 0.462 e. The van der Waals surface area contributed by atoms with Crippen LogP contribution in [0.15, 0.2) is 48.5 Å². The van der Waals surface area contributed by atoms with Crippen LogP contribution in [0.5, 0.6) is 0 Å². The first-order valence-corrected chi connectivity index (χ1v) is 11.6. The summed E-state index contributed by atoms with van der Waals surface area (Å²) in [7, 11) is 0. The minimum atomic E-state index is -0.283. The molecule has 4 rings (SSSR count). The van der Waals surface area contributed by atoms with Crippen LogP contribution in [-0.2, 0) is 17.6 Å². The molecule has 0 saturated heterocycles. The smallest absolute Gasteiger partial charge is 0.350 e. The minimum Gasteiger partial charge on any atom is -0.462 e. The predicted molar refractivity (Wildman–Crippen MR) is 125 cm³/mol. The van der Waals surface area contributed by atoms with Crippen LogP contribution in [0.4, 0.5) is 0 Å². The van der Waals surface area contributed by atoms with Crippen molar-refractivity contribution in [2.24, 2.45) is 0 Å². The molecule has 7 nitrogen and oxygen atoms in total. The molecule has 0 atom stereocenters. The van der Waals surface area contributed by atoms with Crippen LogP contribution in [0.2, 0.25) is 0 Å². The topological polar surface area (TPSA) is 93.7 Å². The maximum Gasteiger partial charge on any atom is 0.350 e. The highest BCUT2D eigenvalue weighted by Crippen LogP contribution is 2.31. The number of nitrogens with zero attached hydrogens (tertiary/aromatic N) is 4. The van der Waals surface area contributed by atoms with Gasteiger partial charge in [-0.3, -0.25) is 0 Å².